The molecule has 3 rings (SSSR count). The summed E-state index contributed by atoms with van der Waals surface area (Å²) < 4.78 is 10.8. The number of thiophene rings is 1. The summed E-state index contributed by atoms with van der Waals surface area (Å²) in [5, 5.41) is 15.5. The molecule has 0 fully saturated rings. The molecule has 0 radical (unpaired) electrons. The lowest BCUT2D eigenvalue weighted by atomic mass is 10.2. The number of ether oxygens (including phenoxy) is 1. The molecule has 1 atom stereocenters. The van der Waals surface area contributed by atoms with Crippen molar-refractivity contribution in [3.63, 3.8) is 0 Å². The van der Waals surface area contributed by atoms with Crippen molar-refractivity contribution in [2.24, 2.45) is 0 Å². The van der Waals surface area contributed by atoms with Gasteiger partial charge in [-0.1, -0.05) is 18.2 Å². The zero-order valence-corrected chi connectivity index (χ0v) is 13.4. The fourth-order valence-corrected chi connectivity index (χ4v) is 3.09. The highest BCUT2D eigenvalue weighted by Gasteiger charge is 2.15. The van der Waals surface area contributed by atoms with Crippen LogP contribution in [0.4, 0.5) is 0 Å². The minimum atomic E-state index is -0.564. The molecule has 0 aliphatic heterocycles. The molecule has 5 nitrogen and oxygen atoms in total. The number of aliphatic hydroxyl groups is 1. The predicted octanol–water partition coefficient (Wildman–Crippen LogP) is 3.36. The van der Waals surface area contributed by atoms with Crippen molar-refractivity contribution in [3.8, 4) is 5.75 Å². The van der Waals surface area contributed by atoms with Crippen molar-refractivity contribution in [3.05, 3.63) is 52.4 Å². The highest BCUT2D eigenvalue weighted by molar-refractivity contribution is 7.10. The number of carbonyl (C=O) groups excluding carboxylic acids is 1. The molecule has 0 aliphatic carbocycles. The number of benzene rings is 1. The largest absolute Gasteiger partial charge is 0.493 e. The van der Waals surface area contributed by atoms with Crippen molar-refractivity contribution < 1.29 is 19.1 Å². The van der Waals surface area contributed by atoms with E-state index in [0.717, 1.165) is 10.3 Å². The number of fused-ring (bicyclic) bond motifs is 1. The first-order chi connectivity index (χ1) is 11.2. The number of carbonyl (C=O) groups is 1. The Labute approximate surface area is 137 Å². The van der Waals surface area contributed by atoms with Crippen LogP contribution in [-0.2, 0) is 0 Å². The van der Waals surface area contributed by atoms with Crippen molar-refractivity contribution in [1.29, 1.82) is 0 Å². The van der Waals surface area contributed by atoms with Crippen LogP contribution in [0.1, 0.15) is 28.0 Å². The van der Waals surface area contributed by atoms with Crippen LogP contribution in [-0.4, -0.2) is 24.7 Å². The molecule has 1 aromatic carbocycles. The van der Waals surface area contributed by atoms with E-state index in [1.165, 1.54) is 11.3 Å². The van der Waals surface area contributed by atoms with Gasteiger partial charge in [-0.25, -0.2) is 0 Å². The Balaban J connectivity index is 1.62. The molecule has 0 bridgehead atoms. The van der Waals surface area contributed by atoms with Crippen LogP contribution in [0.25, 0.3) is 11.0 Å². The first-order valence-corrected chi connectivity index (χ1v) is 8.13. The smallest absolute Gasteiger partial charge is 0.287 e. The van der Waals surface area contributed by atoms with Gasteiger partial charge in [-0.15, -0.1) is 11.3 Å². The standard InChI is InChI=1S/C17H17NO4S/c1-21-13-5-2-4-11-10-14(22-16(11)13)17(20)18-8-7-12(19)15-6-3-9-23-15/h2-6,9-10,12,19H,7-8H2,1H3,(H,18,20)/t12-/m1/s1. The van der Waals surface area contributed by atoms with Gasteiger partial charge < -0.3 is 19.6 Å². The van der Waals surface area contributed by atoms with Gasteiger partial charge in [0.25, 0.3) is 5.91 Å². The molecule has 120 valence electrons. The number of hydrogen-bond donors (Lipinski definition) is 2. The Hall–Kier alpha value is -2.31. The van der Waals surface area contributed by atoms with Crippen LogP contribution in [0.2, 0.25) is 0 Å². The molecule has 0 saturated heterocycles. The van der Waals surface area contributed by atoms with Crippen LogP contribution in [0.3, 0.4) is 0 Å². The quantitative estimate of drug-likeness (QED) is 0.726. The number of methoxy groups -OCH3 is 1. The molecular formula is C17H17NO4S. The van der Waals surface area contributed by atoms with Crippen LogP contribution in [0.15, 0.2) is 46.2 Å². The van der Waals surface area contributed by atoms with Crippen molar-refractivity contribution in [2.75, 3.05) is 13.7 Å². The maximum Gasteiger partial charge on any atom is 0.287 e. The molecule has 0 spiro atoms. The average molecular weight is 331 g/mol. The van der Waals surface area contributed by atoms with Crippen LogP contribution in [0, 0.1) is 0 Å². The summed E-state index contributed by atoms with van der Waals surface area (Å²) in [6, 6.07) is 10.9. The third-order valence-electron chi connectivity index (χ3n) is 3.53. The fourth-order valence-electron chi connectivity index (χ4n) is 2.34. The lowest BCUT2D eigenvalue weighted by Crippen LogP contribution is -2.25. The van der Waals surface area contributed by atoms with Gasteiger partial charge >= 0.3 is 0 Å². The molecule has 3 aromatic rings. The van der Waals surface area contributed by atoms with E-state index >= 15 is 0 Å². The van der Waals surface area contributed by atoms with Gasteiger partial charge in [0, 0.05) is 16.8 Å². The zero-order valence-electron chi connectivity index (χ0n) is 12.6. The van der Waals surface area contributed by atoms with E-state index in [0.29, 0.717) is 24.3 Å². The molecule has 0 aliphatic rings. The number of para-hydroxylation sites is 1. The molecule has 1 amide bonds. The molecule has 6 heteroatoms. The first kappa shape index (κ1) is 15.6. The molecular weight excluding hydrogens is 314 g/mol. The van der Waals surface area contributed by atoms with E-state index in [2.05, 4.69) is 5.32 Å². The maximum absolute atomic E-state index is 12.2. The Morgan fingerprint density at radius 1 is 1.39 bits per heavy atom. The van der Waals surface area contributed by atoms with Gasteiger partial charge in [0.1, 0.15) is 0 Å². The van der Waals surface area contributed by atoms with Gasteiger partial charge in [-0.05, 0) is 30.0 Å². The maximum atomic E-state index is 12.2. The second-order valence-corrected chi connectivity index (χ2v) is 6.04. The summed E-state index contributed by atoms with van der Waals surface area (Å²) in [7, 11) is 1.56. The number of hydrogen-bond acceptors (Lipinski definition) is 5. The van der Waals surface area contributed by atoms with E-state index in [1.807, 2.05) is 29.6 Å². The molecule has 2 heterocycles. The van der Waals surface area contributed by atoms with E-state index in [9.17, 15) is 9.90 Å². The normalized spacial score (nSPS) is 12.3. The van der Waals surface area contributed by atoms with Gasteiger partial charge in [-0.2, -0.15) is 0 Å². The fraction of sp³-hybridized carbons (Fsp3) is 0.235. The number of amides is 1. The Bertz CT molecular complexity index is 794. The lowest BCUT2D eigenvalue weighted by Gasteiger charge is -2.08. The van der Waals surface area contributed by atoms with E-state index in [-0.39, 0.29) is 11.7 Å². The van der Waals surface area contributed by atoms with E-state index in [4.69, 9.17) is 9.15 Å². The van der Waals surface area contributed by atoms with Crippen LogP contribution < -0.4 is 10.1 Å². The number of nitrogens with one attached hydrogen (secondary N) is 1. The van der Waals surface area contributed by atoms with E-state index < -0.39 is 6.10 Å². The summed E-state index contributed by atoms with van der Waals surface area (Å²) in [6.45, 7) is 0.367. The highest BCUT2D eigenvalue weighted by atomic mass is 32.1. The second kappa shape index (κ2) is 6.85. The Morgan fingerprint density at radius 3 is 3.00 bits per heavy atom. The van der Waals surface area contributed by atoms with Crippen molar-refractivity contribution in [1.82, 2.24) is 5.32 Å². The minimum absolute atomic E-state index is 0.232. The second-order valence-electron chi connectivity index (χ2n) is 5.07. The van der Waals surface area contributed by atoms with Gasteiger partial charge in [0.2, 0.25) is 0 Å². The minimum Gasteiger partial charge on any atom is -0.493 e. The third-order valence-corrected chi connectivity index (χ3v) is 4.50. The number of rotatable bonds is 6. The van der Waals surface area contributed by atoms with Gasteiger partial charge in [0.15, 0.2) is 17.1 Å². The Morgan fingerprint density at radius 2 is 2.26 bits per heavy atom. The lowest BCUT2D eigenvalue weighted by molar-refractivity contribution is 0.0917. The molecule has 0 unspecified atom stereocenters. The van der Waals surface area contributed by atoms with Gasteiger partial charge in [0.05, 0.1) is 13.2 Å². The predicted molar refractivity (Wildman–Crippen MR) is 89.0 cm³/mol. The summed E-state index contributed by atoms with van der Waals surface area (Å²) >= 11 is 1.50. The molecule has 0 saturated carbocycles. The summed E-state index contributed by atoms with van der Waals surface area (Å²) in [5.41, 5.74) is 0.554. The van der Waals surface area contributed by atoms with E-state index in [1.54, 1.807) is 19.2 Å². The first-order valence-electron chi connectivity index (χ1n) is 7.25. The monoisotopic (exact) mass is 331 g/mol. The summed E-state index contributed by atoms with van der Waals surface area (Å²) in [6.07, 6.45) is -0.110. The van der Waals surface area contributed by atoms with Gasteiger partial charge in [-0.3, -0.25) is 4.79 Å². The highest BCUT2D eigenvalue weighted by Crippen LogP contribution is 2.28. The summed E-state index contributed by atoms with van der Waals surface area (Å²) in [4.78, 5) is 13.1. The number of furan rings is 1. The van der Waals surface area contributed by atoms with Crippen molar-refractivity contribution >= 4 is 28.2 Å². The molecule has 2 N–H and O–H groups in total. The topological polar surface area (TPSA) is 71.7 Å². The molecule has 2 aromatic heterocycles. The van der Waals surface area contributed by atoms with Crippen LogP contribution in [0.5, 0.6) is 5.75 Å². The van der Waals surface area contributed by atoms with Crippen molar-refractivity contribution in [2.45, 2.75) is 12.5 Å². The van der Waals surface area contributed by atoms with Crippen LogP contribution >= 0.6 is 11.3 Å². The average Bonchev–Trinajstić information content (AvgIpc) is 3.23. The SMILES string of the molecule is COc1cccc2cc(C(=O)NCC[C@@H](O)c3cccs3)oc12. The Kier molecular flexibility index (Phi) is 4.64. The summed E-state index contributed by atoms with van der Waals surface area (Å²) in [5.74, 6) is 0.520. The third kappa shape index (κ3) is 3.38. The zero-order chi connectivity index (χ0) is 16.2. The molecule has 23 heavy (non-hydrogen) atoms. The number of aliphatic hydroxyl groups excluding tert-OH is 1.